The number of nitrogens with zero attached hydrogens (tertiary/aromatic N) is 4. The van der Waals surface area contributed by atoms with Gasteiger partial charge in [0.25, 0.3) is 5.56 Å². The average molecular weight is 325 g/mol. The molecule has 0 spiro atoms. The fourth-order valence-corrected chi connectivity index (χ4v) is 3.16. The molecule has 2 aromatic heterocycles. The van der Waals surface area contributed by atoms with E-state index >= 15 is 0 Å². The van der Waals surface area contributed by atoms with Gasteiger partial charge in [-0.3, -0.25) is 14.6 Å². The second-order valence-corrected chi connectivity index (χ2v) is 6.71. The fraction of sp³-hybridized carbons (Fsp3) is 0.471. The Kier molecular flexibility index (Phi) is 3.44. The second-order valence-electron chi connectivity index (χ2n) is 6.71. The predicted molar refractivity (Wildman–Crippen MR) is 87.0 cm³/mol. The summed E-state index contributed by atoms with van der Waals surface area (Å²) in [6.45, 7) is 4.93. The van der Waals surface area contributed by atoms with E-state index in [1.807, 2.05) is 11.8 Å². The number of hydrogen-bond donors (Lipinski definition) is 1. The van der Waals surface area contributed by atoms with Crippen molar-refractivity contribution >= 4 is 5.91 Å². The van der Waals surface area contributed by atoms with Gasteiger partial charge >= 0.3 is 0 Å². The third-order valence-electron chi connectivity index (χ3n) is 4.84. The van der Waals surface area contributed by atoms with Gasteiger partial charge in [0, 0.05) is 24.2 Å². The highest BCUT2D eigenvalue weighted by Gasteiger charge is 2.42. The van der Waals surface area contributed by atoms with E-state index in [0.29, 0.717) is 48.2 Å². The first kappa shape index (κ1) is 15.0. The van der Waals surface area contributed by atoms with Gasteiger partial charge in [0.2, 0.25) is 5.91 Å². The van der Waals surface area contributed by atoms with E-state index in [1.165, 1.54) is 0 Å². The molecule has 2 aliphatic rings. The van der Waals surface area contributed by atoms with Crippen LogP contribution < -0.4 is 5.56 Å². The Labute approximate surface area is 139 Å². The number of hydrogen-bond acceptors (Lipinski definition) is 5. The number of amides is 1. The normalized spacial score (nSPS) is 22.2. The van der Waals surface area contributed by atoms with E-state index in [0.717, 1.165) is 12.1 Å². The van der Waals surface area contributed by atoms with Crippen molar-refractivity contribution < 1.29 is 4.79 Å². The SMILES string of the molecule is Cc1cnc(-c2nc3c(c(=O)[nH]2)CCN(C(=O)[C@H]2C[C@H]2C)C3)cn1. The first-order chi connectivity index (χ1) is 11.5. The maximum Gasteiger partial charge on any atom is 0.254 e. The van der Waals surface area contributed by atoms with Gasteiger partial charge in [0.15, 0.2) is 5.82 Å². The molecule has 4 rings (SSSR count). The van der Waals surface area contributed by atoms with Crippen LogP contribution in [0.25, 0.3) is 11.5 Å². The molecule has 0 unspecified atom stereocenters. The highest BCUT2D eigenvalue weighted by molar-refractivity contribution is 5.81. The Morgan fingerprint density at radius 2 is 2.12 bits per heavy atom. The van der Waals surface area contributed by atoms with Gasteiger partial charge in [-0.05, 0) is 25.7 Å². The lowest BCUT2D eigenvalue weighted by Crippen LogP contribution is -2.40. The molecule has 2 atom stereocenters. The third-order valence-corrected chi connectivity index (χ3v) is 4.84. The van der Waals surface area contributed by atoms with Crippen LogP contribution in [0.3, 0.4) is 0 Å². The molecule has 1 saturated carbocycles. The van der Waals surface area contributed by atoms with Crippen LogP contribution in [0.5, 0.6) is 0 Å². The predicted octanol–water partition coefficient (Wildman–Crippen LogP) is 1.08. The number of aryl methyl sites for hydroxylation is 1. The van der Waals surface area contributed by atoms with Crippen LogP contribution in [0.15, 0.2) is 17.2 Å². The van der Waals surface area contributed by atoms with Crippen LogP contribution in [0.1, 0.15) is 30.3 Å². The quantitative estimate of drug-likeness (QED) is 0.892. The molecule has 7 nitrogen and oxygen atoms in total. The number of aromatic nitrogens is 4. The van der Waals surface area contributed by atoms with Gasteiger partial charge < -0.3 is 9.88 Å². The molecule has 1 amide bonds. The van der Waals surface area contributed by atoms with Crippen LogP contribution in [0.2, 0.25) is 0 Å². The van der Waals surface area contributed by atoms with Crippen molar-refractivity contribution in [3.05, 3.63) is 39.7 Å². The zero-order valence-corrected chi connectivity index (χ0v) is 13.7. The van der Waals surface area contributed by atoms with Gasteiger partial charge in [-0.15, -0.1) is 0 Å². The Bertz CT molecular complexity index is 858. The number of H-pyrrole nitrogens is 1. The molecule has 2 aromatic rings. The number of rotatable bonds is 2. The van der Waals surface area contributed by atoms with Crippen molar-refractivity contribution in [2.75, 3.05) is 6.54 Å². The fourth-order valence-electron chi connectivity index (χ4n) is 3.16. The Balaban J connectivity index is 1.65. The lowest BCUT2D eigenvalue weighted by molar-refractivity contribution is -0.133. The number of nitrogens with one attached hydrogen (secondary N) is 1. The molecule has 1 aliphatic carbocycles. The number of carbonyl (C=O) groups excluding carboxylic acids is 1. The highest BCUT2D eigenvalue weighted by Crippen LogP contribution is 2.39. The zero-order chi connectivity index (χ0) is 16.8. The topological polar surface area (TPSA) is 91.8 Å². The molecule has 1 aliphatic heterocycles. The number of aromatic amines is 1. The number of carbonyl (C=O) groups is 1. The Morgan fingerprint density at radius 1 is 1.33 bits per heavy atom. The molecule has 1 N–H and O–H groups in total. The molecule has 24 heavy (non-hydrogen) atoms. The summed E-state index contributed by atoms with van der Waals surface area (Å²) in [6.07, 6.45) is 4.75. The molecule has 124 valence electrons. The van der Waals surface area contributed by atoms with Crippen molar-refractivity contribution in [2.24, 2.45) is 11.8 Å². The summed E-state index contributed by atoms with van der Waals surface area (Å²) >= 11 is 0. The summed E-state index contributed by atoms with van der Waals surface area (Å²) < 4.78 is 0. The average Bonchev–Trinajstić information content (AvgIpc) is 3.31. The van der Waals surface area contributed by atoms with Crippen molar-refractivity contribution in [1.29, 1.82) is 0 Å². The molecule has 0 aromatic carbocycles. The second kappa shape index (κ2) is 5.51. The highest BCUT2D eigenvalue weighted by atomic mass is 16.2. The van der Waals surface area contributed by atoms with Crippen LogP contribution >= 0.6 is 0 Å². The monoisotopic (exact) mass is 325 g/mol. The van der Waals surface area contributed by atoms with Crippen LogP contribution in [0.4, 0.5) is 0 Å². The Morgan fingerprint density at radius 3 is 2.79 bits per heavy atom. The number of fused-ring (bicyclic) bond motifs is 1. The van der Waals surface area contributed by atoms with Gasteiger partial charge in [0.05, 0.1) is 24.1 Å². The minimum absolute atomic E-state index is 0.149. The summed E-state index contributed by atoms with van der Waals surface area (Å²) in [5.74, 6) is 1.22. The largest absolute Gasteiger partial charge is 0.336 e. The maximum absolute atomic E-state index is 12.4. The smallest absolute Gasteiger partial charge is 0.254 e. The van der Waals surface area contributed by atoms with Crippen LogP contribution in [-0.2, 0) is 17.8 Å². The summed E-state index contributed by atoms with van der Waals surface area (Å²) in [5, 5.41) is 0. The summed E-state index contributed by atoms with van der Waals surface area (Å²) in [4.78, 5) is 42.4. The van der Waals surface area contributed by atoms with Gasteiger partial charge in [-0.1, -0.05) is 6.92 Å². The third kappa shape index (κ3) is 2.60. The minimum atomic E-state index is -0.149. The van der Waals surface area contributed by atoms with Crippen LogP contribution in [0, 0.1) is 18.8 Å². The molecular weight excluding hydrogens is 306 g/mol. The summed E-state index contributed by atoms with van der Waals surface area (Å²) in [6, 6.07) is 0. The van der Waals surface area contributed by atoms with E-state index in [4.69, 9.17) is 0 Å². The molecule has 1 fully saturated rings. The lowest BCUT2D eigenvalue weighted by atomic mass is 10.1. The van der Waals surface area contributed by atoms with Crippen LogP contribution in [-0.4, -0.2) is 37.3 Å². The molecule has 0 saturated heterocycles. The van der Waals surface area contributed by atoms with Gasteiger partial charge in [0.1, 0.15) is 5.69 Å². The van der Waals surface area contributed by atoms with E-state index in [-0.39, 0.29) is 17.4 Å². The van der Waals surface area contributed by atoms with Crippen molar-refractivity contribution in [3.8, 4) is 11.5 Å². The van der Waals surface area contributed by atoms with Gasteiger partial charge in [-0.25, -0.2) is 9.97 Å². The van der Waals surface area contributed by atoms with E-state index in [9.17, 15) is 9.59 Å². The van der Waals surface area contributed by atoms with Crippen molar-refractivity contribution in [2.45, 2.75) is 33.2 Å². The first-order valence-electron chi connectivity index (χ1n) is 8.23. The van der Waals surface area contributed by atoms with E-state index in [1.54, 1.807) is 12.4 Å². The van der Waals surface area contributed by atoms with Crippen molar-refractivity contribution in [1.82, 2.24) is 24.8 Å². The van der Waals surface area contributed by atoms with E-state index in [2.05, 4.69) is 26.9 Å². The maximum atomic E-state index is 12.4. The molecule has 3 heterocycles. The molecular formula is C17H19N5O2. The standard InChI is InChI=1S/C17H19N5O2/c1-9-5-12(9)17(24)22-4-3-11-14(8-22)20-15(21-16(11)23)13-7-18-10(2)6-19-13/h6-7,9,12H,3-5,8H2,1-2H3,(H,20,21,23)/t9-,12+/m1/s1. The molecule has 0 bridgehead atoms. The summed E-state index contributed by atoms with van der Waals surface area (Å²) in [5.41, 5.74) is 2.52. The lowest BCUT2D eigenvalue weighted by Gasteiger charge is -2.28. The minimum Gasteiger partial charge on any atom is -0.336 e. The Hall–Kier alpha value is -2.57. The summed E-state index contributed by atoms with van der Waals surface area (Å²) in [7, 11) is 0. The molecule has 7 heteroatoms. The van der Waals surface area contributed by atoms with Crippen molar-refractivity contribution in [3.63, 3.8) is 0 Å². The van der Waals surface area contributed by atoms with Gasteiger partial charge in [-0.2, -0.15) is 0 Å². The zero-order valence-electron chi connectivity index (χ0n) is 13.7. The molecule has 0 radical (unpaired) electrons. The van der Waals surface area contributed by atoms with E-state index < -0.39 is 0 Å². The first-order valence-corrected chi connectivity index (χ1v) is 8.23.